The summed E-state index contributed by atoms with van der Waals surface area (Å²) >= 11 is 0. The monoisotopic (exact) mass is 582 g/mol. The summed E-state index contributed by atoms with van der Waals surface area (Å²) in [6, 6.07) is 13.2. The van der Waals surface area contributed by atoms with E-state index in [1.54, 1.807) is 6.07 Å². The van der Waals surface area contributed by atoms with Crippen molar-refractivity contribution in [3.8, 4) is 5.75 Å². The Bertz CT molecular complexity index is 1380. The normalized spacial score (nSPS) is 16.2. The lowest BCUT2D eigenvalue weighted by molar-refractivity contribution is -0.173. The van der Waals surface area contributed by atoms with Crippen LogP contribution in [0.5, 0.6) is 5.75 Å². The average Bonchev–Trinajstić information content (AvgIpc) is 3.48. The van der Waals surface area contributed by atoms with E-state index in [4.69, 9.17) is 9.72 Å². The molecule has 0 saturated carbocycles. The van der Waals surface area contributed by atoms with E-state index < -0.39 is 24.4 Å². The highest BCUT2D eigenvalue weighted by Gasteiger charge is 2.37. The number of fused-ring (bicyclic) bond motifs is 1. The summed E-state index contributed by atoms with van der Waals surface area (Å²) in [6.45, 7) is 8.22. The fraction of sp³-hybridized carbons (Fsp3) is 0.452. The molecule has 0 spiro atoms. The van der Waals surface area contributed by atoms with Crippen molar-refractivity contribution >= 4 is 28.9 Å². The smallest absolute Gasteiger partial charge is 0.392 e. The molecular weight excluding hydrogens is 545 g/mol. The van der Waals surface area contributed by atoms with Crippen molar-refractivity contribution in [2.45, 2.75) is 52.3 Å². The molecule has 1 atom stereocenters. The van der Waals surface area contributed by atoms with Crippen LogP contribution in [0.25, 0.3) is 0 Å². The number of carbonyl (C=O) groups excluding carboxylic acids is 1. The number of aryl methyl sites for hydroxylation is 1. The molecule has 42 heavy (non-hydrogen) atoms. The SMILES string of the molecule is Cc1ccc(NC(=O)CC(C)C(F)(F)F)cc1N1CCc2nc(Nc3ccc(OCCN4CCCC4)cc3)ncc2C1. The average molecular weight is 583 g/mol. The molecule has 224 valence electrons. The maximum absolute atomic E-state index is 12.8. The highest BCUT2D eigenvalue weighted by molar-refractivity contribution is 5.91. The van der Waals surface area contributed by atoms with Crippen LogP contribution in [0.2, 0.25) is 0 Å². The van der Waals surface area contributed by atoms with Crippen LogP contribution in [0.1, 0.15) is 43.0 Å². The molecule has 11 heteroatoms. The molecule has 2 aliphatic heterocycles. The highest BCUT2D eigenvalue weighted by Crippen LogP contribution is 2.31. The van der Waals surface area contributed by atoms with Gasteiger partial charge in [0, 0.05) is 61.3 Å². The van der Waals surface area contributed by atoms with Crippen LogP contribution in [-0.4, -0.2) is 59.7 Å². The summed E-state index contributed by atoms with van der Waals surface area (Å²) in [7, 11) is 0. The lowest BCUT2D eigenvalue weighted by Crippen LogP contribution is -2.32. The summed E-state index contributed by atoms with van der Waals surface area (Å²) in [4.78, 5) is 26.1. The number of aromatic nitrogens is 2. The molecule has 2 aliphatic rings. The van der Waals surface area contributed by atoms with Crippen molar-refractivity contribution in [3.05, 3.63) is 65.5 Å². The first-order chi connectivity index (χ1) is 20.1. The Kier molecular flexibility index (Phi) is 9.15. The van der Waals surface area contributed by atoms with Gasteiger partial charge in [0.15, 0.2) is 0 Å². The van der Waals surface area contributed by atoms with E-state index in [9.17, 15) is 18.0 Å². The predicted octanol–water partition coefficient (Wildman–Crippen LogP) is 6.09. The zero-order valence-corrected chi connectivity index (χ0v) is 24.0. The van der Waals surface area contributed by atoms with Gasteiger partial charge in [0.1, 0.15) is 12.4 Å². The molecule has 1 saturated heterocycles. The van der Waals surface area contributed by atoms with Gasteiger partial charge in [-0.05, 0) is 74.8 Å². The first kappa shape index (κ1) is 29.6. The van der Waals surface area contributed by atoms with E-state index in [2.05, 4.69) is 25.4 Å². The van der Waals surface area contributed by atoms with E-state index >= 15 is 0 Å². The topological polar surface area (TPSA) is 82.6 Å². The summed E-state index contributed by atoms with van der Waals surface area (Å²) < 4.78 is 44.4. The number of halogens is 3. The van der Waals surface area contributed by atoms with Gasteiger partial charge in [0.25, 0.3) is 0 Å². The van der Waals surface area contributed by atoms with Crippen LogP contribution in [0.4, 0.5) is 36.2 Å². The van der Waals surface area contributed by atoms with Crippen LogP contribution in [0, 0.1) is 12.8 Å². The number of hydrogen-bond acceptors (Lipinski definition) is 7. The van der Waals surface area contributed by atoms with Crippen LogP contribution >= 0.6 is 0 Å². The summed E-state index contributed by atoms with van der Waals surface area (Å²) in [5.74, 6) is -1.00. The maximum atomic E-state index is 12.8. The van der Waals surface area contributed by atoms with Crippen molar-refractivity contribution < 1.29 is 22.7 Å². The number of nitrogens with zero attached hydrogens (tertiary/aromatic N) is 4. The quantitative estimate of drug-likeness (QED) is 0.299. The molecule has 8 nitrogen and oxygen atoms in total. The minimum Gasteiger partial charge on any atom is -0.492 e. The standard InChI is InChI=1S/C31H37F3N6O2/c1-21-5-6-25(36-29(41)17-22(2)31(32,33)34)18-28(21)40-14-11-27-23(20-40)19-35-30(38-27)37-24-7-9-26(10-8-24)42-16-15-39-12-3-4-13-39/h5-10,18-19,22H,3-4,11-17,20H2,1-2H3,(H,36,41)(H,35,37,38). The Balaban J connectivity index is 1.16. The number of benzene rings is 2. The molecule has 5 rings (SSSR count). The highest BCUT2D eigenvalue weighted by atomic mass is 19.4. The van der Waals surface area contributed by atoms with Crippen molar-refractivity contribution in [1.29, 1.82) is 0 Å². The summed E-state index contributed by atoms with van der Waals surface area (Å²) in [5, 5.41) is 5.89. The molecule has 1 unspecified atom stereocenters. The second-order valence-corrected chi connectivity index (χ2v) is 11.1. The molecular formula is C31H37F3N6O2. The van der Waals surface area contributed by atoms with Crippen LogP contribution in [-0.2, 0) is 17.8 Å². The van der Waals surface area contributed by atoms with E-state index in [-0.39, 0.29) is 0 Å². The Morgan fingerprint density at radius 2 is 1.81 bits per heavy atom. The van der Waals surface area contributed by atoms with Crippen molar-refractivity contribution in [2.24, 2.45) is 5.92 Å². The third kappa shape index (κ3) is 7.70. The third-order valence-corrected chi connectivity index (χ3v) is 7.80. The third-order valence-electron chi connectivity index (χ3n) is 7.80. The molecule has 0 bridgehead atoms. The number of likely N-dealkylation sites (tertiary alicyclic amines) is 1. The van der Waals surface area contributed by atoms with Gasteiger partial charge in [0.2, 0.25) is 11.9 Å². The number of amides is 1. The van der Waals surface area contributed by atoms with Crippen LogP contribution < -0.4 is 20.3 Å². The minimum atomic E-state index is -4.40. The second kappa shape index (κ2) is 13.0. The van der Waals surface area contributed by atoms with Crippen molar-refractivity contribution in [2.75, 3.05) is 48.3 Å². The zero-order chi connectivity index (χ0) is 29.7. The van der Waals surface area contributed by atoms with Gasteiger partial charge >= 0.3 is 6.18 Å². The van der Waals surface area contributed by atoms with Gasteiger partial charge in [0.05, 0.1) is 11.6 Å². The molecule has 1 amide bonds. The Labute approximate surface area is 244 Å². The lowest BCUT2D eigenvalue weighted by Gasteiger charge is -2.31. The Morgan fingerprint density at radius 3 is 2.55 bits per heavy atom. The van der Waals surface area contributed by atoms with Crippen molar-refractivity contribution in [3.63, 3.8) is 0 Å². The molecule has 2 aromatic carbocycles. The number of anilines is 4. The lowest BCUT2D eigenvalue weighted by atomic mass is 10.0. The predicted molar refractivity (Wildman–Crippen MR) is 157 cm³/mol. The maximum Gasteiger partial charge on any atom is 0.392 e. The number of rotatable bonds is 10. The number of carbonyl (C=O) groups is 1. The Morgan fingerprint density at radius 1 is 1.07 bits per heavy atom. The fourth-order valence-electron chi connectivity index (χ4n) is 5.28. The van der Waals surface area contributed by atoms with Gasteiger partial charge in [-0.25, -0.2) is 9.97 Å². The van der Waals surface area contributed by atoms with Gasteiger partial charge in [-0.3, -0.25) is 9.69 Å². The number of alkyl halides is 3. The largest absolute Gasteiger partial charge is 0.492 e. The number of nitrogens with one attached hydrogen (secondary N) is 2. The van der Waals surface area contributed by atoms with Crippen LogP contribution in [0.3, 0.4) is 0 Å². The molecule has 0 radical (unpaired) electrons. The Hall–Kier alpha value is -3.86. The molecule has 1 aromatic heterocycles. The van der Waals surface area contributed by atoms with E-state index in [1.807, 2.05) is 49.5 Å². The van der Waals surface area contributed by atoms with Crippen molar-refractivity contribution in [1.82, 2.24) is 14.9 Å². The second-order valence-electron chi connectivity index (χ2n) is 11.1. The van der Waals surface area contributed by atoms with E-state index in [1.165, 1.54) is 12.8 Å². The first-order valence-electron chi connectivity index (χ1n) is 14.4. The molecule has 2 N–H and O–H groups in total. The zero-order valence-electron chi connectivity index (χ0n) is 24.0. The minimum absolute atomic E-state index is 0.472. The summed E-state index contributed by atoms with van der Waals surface area (Å²) in [6.07, 6.45) is 0.0592. The molecule has 3 aromatic rings. The van der Waals surface area contributed by atoms with Gasteiger partial charge in [-0.1, -0.05) is 13.0 Å². The van der Waals surface area contributed by atoms with E-state index in [0.29, 0.717) is 37.8 Å². The van der Waals surface area contributed by atoms with Gasteiger partial charge < -0.3 is 20.3 Å². The van der Waals surface area contributed by atoms with Gasteiger partial charge in [-0.15, -0.1) is 0 Å². The fourth-order valence-corrected chi connectivity index (χ4v) is 5.28. The summed E-state index contributed by atoms with van der Waals surface area (Å²) in [5.41, 5.74) is 5.23. The van der Waals surface area contributed by atoms with Gasteiger partial charge in [-0.2, -0.15) is 13.2 Å². The number of hydrogen-bond donors (Lipinski definition) is 2. The van der Waals surface area contributed by atoms with E-state index in [0.717, 1.165) is 60.5 Å². The first-order valence-corrected chi connectivity index (χ1v) is 14.4. The number of ether oxygens (including phenoxy) is 1. The molecule has 1 fully saturated rings. The molecule has 0 aliphatic carbocycles. The molecule has 3 heterocycles. The van der Waals surface area contributed by atoms with Crippen LogP contribution in [0.15, 0.2) is 48.7 Å².